The third-order valence-electron chi connectivity index (χ3n) is 7.01. The summed E-state index contributed by atoms with van der Waals surface area (Å²) in [5.41, 5.74) is 5.45. The smallest absolute Gasteiger partial charge is 0.416 e. The number of amides is 1. The van der Waals surface area contributed by atoms with Crippen molar-refractivity contribution < 1.29 is 27.4 Å². The number of rotatable bonds is 6. The summed E-state index contributed by atoms with van der Waals surface area (Å²) in [7, 11) is 0. The van der Waals surface area contributed by atoms with Crippen molar-refractivity contribution in [1.29, 1.82) is 0 Å². The number of halogens is 4. The molecule has 2 fully saturated rings. The SMILES string of the molecule is C[C@@H](c1ccc(Br)cc1)C1CC(C(N)=O)(N2CC[C@@H](Oc3cccc(C(F)(F)F)c3)C2)CCO1. The highest BCUT2D eigenvalue weighted by atomic mass is 79.9. The number of likely N-dealkylation sites (tertiary alicyclic amines) is 1. The Morgan fingerprint density at radius 2 is 2.00 bits per heavy atom. The fourth-order valence-corrected chi connectivity index (χ4v) is 5.26. The molecule has 2 aromatic carbocycles. The van der Waals surface area contributed by atoms with Gasteiger partial charge in [-0.25, -0.2) is 0 Å². The fourth-order valence-electron chi connectivity index (χ4n) is 4.99. The van der Waals surface area contributed by atoms with E-state index >= 15 is 0 Å². The van der Waals surface area contributed by atoms with Crippen LogP contribution in [0.5, 0.6) is 5.75 Å². The maximum Gasteiger partial charge on any atom is 0.416 e. The minimum atomic E-state index is -4.43. The highest BCUT2D eigenvalue weighted by Gasteiger charge is 2.50. The number of nitrogens with zero attached hydrogens (tertiary/aromatic N) is 1. The van der Waals surface area contributed by atoms with Crippen LogP contribution >= 0.6 is 15.9 Å². The lowest BCUT2D eigenvalue weighted by atomic mass is 9.79. The van der Waals surface area contributed by atoms with Gasteiger partial charge in [0.1, 0.15) is 17.4 Å². The molecule has 2 heterocycles. The Labute approximate surface area is 205 Å². The second-order valence-electron chi connectivity index (χ2n) is 9.10. The molecule has 4 atom stereocenters. The van der Waals surface area contributed by atoms with Crippen LogP contribution in [-0.2, 0) is 15.7 Å². The average molecular weight is 541 g/mol. The molecule has 0 saturated carbocycles. The second kappa shape index (κ2) is 9.87. The molecule has 2 saturated heterocycles. The van der Waals surface area contributed by atoms with E-state index in [-0.39, 0.29) is 23.9 Å². The molecule has 4 rings (SSSR count). The molecule has 1 amide bonds. The van der Waals surface area contributed by atoms with Gasteiger partial charge >= 0.3 is 6.18 Å². The molecule has 2 aliphatic rings. The van der Waals surface area contributed by atoms with Gasteiger partial charge in [-0.1, -0.05) is 41.1 Å². The van der Waals surface area contributed by atoms with Gasteiger partial charge in [0.2, 0.25) is 5.91 Å². The first-order chi connectivity index (χ1) is 16.1. The standard InChI is InChI=1S/C25H28BrF3N2O3/c1-16(17-5-7-19(26)8-6-17)22-14-24(23(30)32,10-12-33-22)31-11-9-21(15-31)34-20-4-2-3-18(13-20)25(27,28)29/h2-8,13,16,21-22H,9-12,14-15H2,1H3,(H2,30,32)/t16-,21+,22?,24?/m0/s1. The maximum atomic E-state index is 13.0. The largest absolute Gasteiger partial charge is 0.489 e. The number of alkyl halides is 3. The monoisotopic (exact) mass is 540 g/mol. The van der Waals surface area contributed by atoms with Crippen molar-refractivity contribution in [3.63, 3.8) is 0 Å². The topological polar surface area (TPSA) is 64.8 Å². The molecule has 2 aliphatic heterocycles. The second-order valence-corrected chi connectivity index (χ2v) is 10.0. The molecule has 0 aromatic heterocycles. The predicted molar refractivity (Wildman–Crippen MR) is 126 cm³/mol. The molecule has 9 heteroatoms. The summed E-state index contributed by atoms with van der Waals surface area (Å²) in [5.74, 6) is -0.168. The molecule has 5 nitrogen and oxygen atoms in total. The Morgan fingerprint density at radius 3 is 2.68 bits per heavy atom. The zero-order chi connectivity index (χ0) is 24.5. The molecule has 0 radical (unpaired) electrons. The Kier molecular flexibility index (Phi) is 7.26. The van der Waals surface area contributed by atoms with Gasteiger partial charge in [0, 0.05) is 36.5 Å². The van der Waals surface area contributed by atoms with E-state index in [2.05, 4.69) is 22.9 Å². The van der Waals surface area contributed by atoms with E-state index in [9.17, 15) is 18.0 Å². The molecule has 34 heavy (non-hydrogen) atoms. The highest BCUT2D eigenvalue weighted by Crippen LogP contribution is 2.39. The first kappa shape index (κ1) is 25.0. The molecule has 0 aliphatic carbocycles. The summed E-state index contributed by atoms with van der Waals surface area (Å²) < 4.78 is 52.1. The maximum absolute atomic E-state index is 13.0. The third kappa shape index (κ3) is 5.26. The number of benzene rings is 2. The van der Waals surface area contributed by atoms with E-state index in [0.29, 0.717) is 39.0 Å². The van der Waals surface area contributed by atoms with Crippen LogP contribution in [0.2, 0.25) is 0 Å². The van der Waals surface area contributed by atoms with Crippen molar-refractivity contribution in [3.8, 4) is 5.75 Å². The van der Waals surface area contributed by atoms with E-state index in [4.69, 9.17) is 15.2 Å². The van der Waals surface area contributed by atoms with Crippen LogP contribution in [0.15, 0.2) is 53.0 Å². The fraction of sp³-hybridized carbons (Fsp3) is 0.480. The van der Waals surface area contributed by atoms with Crippen molar-refractivity contribution in [2.24, 2.45) is 5.73 Å². The zero-order valence-corrected chi connectivity index (χ0v) is 20.4. The summed E-state index contributed by atoms with van der Waals surface area (Å²) in [5, 5.41) is 0. The number of primary amides is 1. The van der Waals surface area contributed by atoms with Crippen LogP contribution in [0.25, 0.3) is 0 Å². The molecule has 2 aromatic rings. The Bertz CT molecular complexity index is 1020. The summed E-state index contributed by atoms with van der Waals surface area (Å²) >= 11 is 3.45. The van der Waals surface area contributed by atoms with Crippen LogP contribution < -0.4 is 10.5 Å². The average Bonchev–Trinajstić information content (AvgIpc) is 3.27. The minimum absolute atomic E-state index is 0.0619. The zero-order valence-electron chi connectivity index (χ0n) is 18.9. The Balaban J connectivity index is 1.47. The predicted octanol–water partition coefficient (Wildman–Crippen LogP) is 5.13. The number of carbonyl (C=O) groups is 1. The first-order valence-electron chi connectivity index (χ1n) is 11.3. The molecule has 0 spiro atoms. The van der Waals surface area contributed by atoms with E-state index in [1.807, 2.05) is 29.2 Å². The van der Waals surface area contributed by atoms with Crippen LogP contribution in [0.1, 0.15) is 43.2 Å². The lowest BCUT2D eigenvalue weighted by Crippen LogP contribution is -2.61. The van der Waals surface area contributed by atoms with Crippen molar-refractivity contribution in [3.05, 3.63) is 64.1 Å². The van der Waals surface area contributed by atoms with Crippen LogP contribution in [-0.4, -0.2) is 48.3 Å². The van der Waals surface area contributed by atoms with Crippen molar-refractivity contribution >= 4 is 21.8 Å². The van der Waals surface area contributed by atoms with Crippen LogP contribution in [0.4, 0.5) is 13.2 Å². The van der Waals surface area contributed by atoms with E-state index in [1.54, 1.807) is 0 Å². The molecule has 2 N–H and O–H groups in total. The Hall–Kier alpha value is -2.10. The van der Waals surface area contributed by atoms with E-state index in [1.165, 1.54) is 12.1 Å². The van der Waals surface area contributed by atoms with Gasteiger partial charge in [-0.2, -0.15) is 13.2 Å². The van der Waals surface area contributed by atoms with E-state index < -0.39 is 23.2 Å². The van der Waals surface area contributed by atoms with Gasteiger partial charge in [0.15, 0.2) is 0 Å². The molecule has 184 valence electrons. The number of hydrogen-bond acceptors (Lipinski definition) is 4. The van der Waals surface area contributed by atoms with Gasteiger partial charge in [-0.15, -0.1) is 0 Å². The molecule has 2 unspecified atom stereocenters. The van der Waals surface area contributed by atoms with Crippen LogP contribution in [0, 0.1) is 0 Å². The summed E-state index contributed by atoms with van der Waals surface area (Å²) in [6.07, 6.45) is -3.42. The quantitative estimate of drug-likeness (QED) is 0.551. The van der Waals surface area contributed by atoms with E-state index in [0.717, 1.165) is 22.2 Å². The molecule has 0 bridgehead atoms. The van der Waals surface area contributed by atoms with Gasteiger partial charge in [0.25, 0.3) is 0 Å². The van der Waals surface area contributed by atoms with Gasteiger partial charge in [-0.05, 0) is 48.7 Å². The number of nitrogens with two attached hydrogens (primary N) is 1. The lowest BCUT2D eigenvalue weighted by Gasteiger charge is -2.46. The molecular formula is C25H28BrF3N2O3. The van der Waals surface area contributed by atoms with Gasteiger partial charge in [0.05, 0.1) is 11.7 Å². The summed E-state index contributed by atoms with van der Waals surface area (Å²) in [6.45, 7) is 3.48. The van der Waals surface area contributed by atoms with Gasteiger partial charge in [-0.3, -0.25) is 9.69 Å². The molecular weight excluding hydrogens is 513 g/mol. The third-order valence-corrected chi connectivity index (χ3v) is 7.54. The van der Waals surface area contributed by atoms with Crippen molar-refractivity contribution in [2.45, 2.75) is 56.0 Å². The normalized spacial score (nSPS) is 26.9. The first-order valence-corrected chi connectivity index (χ1v) is 12.1. The highest BCUT2D eigenvalue weighted by molar-refractivity contribution is 9.10. The summed E-state index contributed by atoms with van der Waals surface area (Å²) in [4.78, 5) is 14.8. The Morgan fingerprint density at radius 1 is 1.26 bits per heavy atom. The van der Waals surface area contributed by atoms with Crippen molar-refractivity contribution in [1.82, 2.24) is 4.90 Å². The minimum Gasteiger partial charge on any atom is -0.489 e. The van der Waals surface area contributed by atoms with Crippen LogP contribution in [0.3, 0.4) is 0 Å². The number of hydrogen-bond donors (Lipinski definition) is 1. The van der Waals surface area contributed by atoms with Gasteiger partial charge < -0.3 is 15.2 Å². The number of ether oxygens (including phenoxy) is 2. The lowest BCUT2D eigenvalue weighted by molar-refractivity contribution is -0.142. The van der Waals surface area contributed by atoms with Crippen molar-refractivity contribution in [2.75, 3.05) is 19.7 Å². The number of carbonyl (C=O) groups excluding carboxylic acids is 1. The summed E-state index contributed by atoms with van der Waals surface area (Å²) in [6, 6.07) is 12.9.